The molecular weight excluding hydrogens is 307 g/mol. The number of hydrogen-bond donors (Lipinski definition) is 0. The molecule has 2 aromatic rings. The molecule has 0 atom stereocenters. The summed E-state index contributed by atoms with van der Waals surface area (Å²) < 4.78 is 0. The summed E-state index contributed by atoms with van der Waals surface area (Å²) in [5.74, 6) is 0. The van der Waals surface area contributed by atoms with Crippen LogP contribution in [0.15, 0.2) is 84.5 Å². The van der Waals surface area contributed by atoms with E-state index in [0.29, 0.717) is 0 Å². The van der Waals surface area contributed by atoms with Crippen molar-refractivity contribution in [3.8, 4) is 0 Å². The molecule has 100 valence electrons. The summed E-state index contributed by atoms with van der Waals surface area (Å²) >= 11 is 0. The van der Waals surface area contributed by atoms with Crippen LogP contribution in [-0.2, 0) is 0 Å². The Kier molecular flexibility index (Phi) is 5.17. The predicted molar refractivity (Wildman–Crippen MR) is 91.1 cm³/mol. The average molecular weight is 325 g/mol. The zero-order valence-electron chi connectivity index (χ0n) is 11.3. The first-order chi connectivity index (χ1) is 9.43. The summed E-state index contributed by atoms with van der Waals surface area (Å²) in [7, 11) is 0. The van der Waals surface area contributed by atoms with E-state index in [1.165, 1.54) is 22.3 Å². The Morgan fingerprint density at radius 2 is 1.45 bits per heavy atom. The second-order valence-corrected chi connectivity index (χ2v) is 4.66. The molecule has 1 aliphatic rings. The van der Waals surface area contributed by atoms with Crippen LogP contribution < -0.4 is 0 Å². The zero-order chi connectivity index (χ0) is 12.9. The monoisotopic (exact) mass is 326 g/mol. The van der Waals surface area contributed by atoms with E-state index in [1.54, 1.807) is 0 Å². The fourth-order valence-corrected chi connectivity index (χ4v) is 2.36. The van der Waals surface area contributed by atoms with Gasteiger partial charge >= 0.3 is 17.1 Å². The Morgan fingerprint density at radius 1 is 0.800 bits per heavy atom. The van der Waals surface area contributed by atoms with Crippen LogP contribution in [0.3, 0.4) is 0 Å². The summed E-state index contributed by atoms with van der Waals surface area (Å²) in [6.45, 7) is 0. The second-order valence-electron chi connectivity index (χ2n) is 4.66. The van der Waals surface area contributed by atoms with E-state index in [1.807, 2.05) is 0 Å². The average Bonchev–Trinajstić information content (AvgIpc) is 2.50. The normalized spacial score (nSPS) is 15.6. The van der Waals surface area contributed by atoms with Gasteiger partial charge in [0.15, 0.2) is 0 Å². The van der Waals surface area contributed by atoms with E-state index < -0.39 is 0 Å². The molecular formula is C19H18Se. The van der Waals surface area contributed by atoms with Crippen LogP contribution in [0, 0.1) is 0 Å². The molecule has 0 amide bonds. The standard InChI is InChI=1S/C19H16.H2Se/c1-3-9-16(10-4-1)15-18-13-7-8-14-19(18)17-11-5-2-6-12-17;/h1-12,14-15H,13H2;1H2. The van der Waals surface area contributed by atoms with Gasteiger partial charge in [0.25, 0.3) is 0 Å². The van der Waals surface area contributed by atoms with E-state index in [-0.39, 0.29) is 17.1 Å². The molecule has 0 radical (unpaired) electrons. The van der Waals surface area contributed by atoms with Crippen LogP contribution in [0.5, 0.6) is 0 Å². The van der Waals surface area contributed by atoms with Crippen molar-refractivity contribution in [3.63, 3.8) is 0 Å². The molecule has 1 heteroatoms. The molecule has 0 bridgehead atoms. The van der Waals surface area contributed by atoms with Gasteiger partial charge < -0.3 is 0 Å². The third-order valence-corrected chi connectivity index (χ3v) is 3.31. The number of benzene rings is 2. The van der Waals surface area contributed by atoms with Gasteiger partial charge in [0.1, 0.15) is 0 Å². The van der Waals surface area contributed by atoms with Crippen molar-refractivity contribution >= 4 is 28.7 Å². The maximum atomic E-state index is 2.28. The molecule has 0 heterocycles. The first-order valence-corrected chi connectivity index (χ1v) is 6.62. The van der Waals surface area contributed by atoms with E-state index in [2.05, 4.69) is 85.0 Å². The Hall–Kier alpha value is -1.82. The molecule has 20 heavy (non-hydrogen) atoms. The van der Waals surface area contributed by atoms with E-state index in [4.69, 9.17) is 0 Å². The summed E-state index contributed by atoms with van der Waals surface area (Å²) in [5, 5.41) is 0. The van der Waals surface area contributed by atoms with Crippen LogP contribution in [0.25, 0.3) is 11.6 Å². The summed E-state index contributed by atoms with van der Waals surface area (Å²) in [6.07, 6.45) is 9.83. The van der Waals surface area contributed by atoms with Gasteiger partial charge in [-0.05, 0) is 28.7 Å². The van der Waals surface area contributed by atoms with Gasteiger partial charge in [-0.15, -0.1) is 0 Å². The van der Waals surface area contributed by atoms with Crippen molar-refractivity contribution in [2.75, 3.05) is 0 Å². The fraction of sp³-hybridized carbons (Fsp3) is 0.0526. The summed E-state index contributed by atoms with van der Waals surface area (Å²) in [4.78, 5) is 0. The SMILES string of the molecule is C1=CCC(=Cc2ccccc2)C(c2ccccc2)=C1.[SeH2]. The van der Waals surface area contributed by atoms with Gasteiger partial charge in [0, 0.05) is 0 Å². The van der Waals surface area contributed by atoms with Gasteiger partial charge in [-0.1, -0.05) is 85.0 Å². The number of hydrogen-bond acceptors (Lipinski definition) is 0. The number of allylic oxidation sites excluding steroid dienone is 5. The summed E-state index contributed by atoms with van der Waals surface area (Å²) in [5.41, 5.74) is 5.25. The molecule has 0 unspecified atom stereocenters. The molecule has 1 aliphatic carbocycles. The Labute approximate surface area is 131 Å². The molecule has 0 nitrogen and oxygen atoms in total. The number of rotatable bonds is 2. The molecule has 3 rings (SSSR count). The van der Waals surface area contributed by atoms with Crippen LogP contribution in [-0.4, -0.2) is 17.1 Å². The van der Waals surface area contributed by atoms with Gasteiger partial charge in [-0.3, -0.25) is 0 Å². The van der Waals surface area contributed by atoms with Gasteiger partial charge in [0.2, 0.25) is 0 Å². The van der Waals surface area contributed by atoms with Crippen LogP contribution >= 0.6 is 0 Å². The maximum absolute atomic E-state index is 2.28. The first-order valence-electron chi connectivity index (χ1n) is 6.62. The third kappa shape index (κ3) is 3.39. The Morgan fingerprint density at radius 3 is 2.15 bits per heavy atom. The van der Waals surface area contributed by atoms with Gasteiger partial charge in [-0.2, -0.15) is 0 Å². The first kappa shape index (κ1) is 14.6. The third-order valence-electron chi connectivity index (χ3n) is 3.31. The van der Waals surface area contributed by atoms with Crippen molar-refractivity contribution in [2.45, 2.75) is 6.42 Å². The van der Waals surface area contributed by atoms with Crippen molar-refractivity contribution in [3.05, 3.63) is 95.6 Å². The van der Waals surface area contributed by atoms with Crippen molar-refractivity contribution in [1.29, 1.82) is 0 Å². The van der Waals surface area contributed by atoms with Crippen molar-refractivity contribution in [2.24, 2.45) is 0 Å². The summed E-state index contributed by atoms with van der Waals surface area (Å²) in [6, 6.07) is 21.1. The predicted octanol–water partition coefficient (Wildman–Crippen LogP) is 4.20. The minimum absolute atomic E-state index is 0. The van der Waals surface area contributed by atoms with Crippen LogP contribution in [0.1, 0.15) is 17.5 Å². The molecule has 0 N–H and O–H groups in total. The fourth-order valence-electron chi connectivity index (χ4n) is 2.36. The van der Waals surface area contributed by atoms with Crippen molar-refractivity contribution < 1.29 is 0 Å². The van der Waals surface area contributed by atoms with Crippen LogP contribution in [0.4, 0.5) is 0 Å². The van der Waals surface area contributed by atoms with Crippen LogP contribution in [0.2, 0.25) is 0 Å². The molecule has 0 aromatic heterocycles. The topological polar surface area (TPSA) is 0 Å². The Balaban J connectivity index is 0.00000147. The van der Waals surface area contributed by atoms with E-state index >= 15 is 0 Å². The molecule has 0 aliphatic heterocycles. The van der Waals surface area contributed by atoms with E-state index in [9.17, 15) is 0 Å². The van der Waals surface area contributed by atoms with E-state index in [0.717, 1.165) is 6.42 Å². The minimum atomic E-state index is 0. The molecule has 0 saturated carbocycles. The molecule has 0 saturated heterocycles. The Bertz CT molecular complexity index is 634. The van der Waals surface area contributed by atoms with Gasteiger partial charge in [-0.25, -0.2) is 0 Å². The zero-order valence-corrected chi connectivity index (χ0v) is 13.4. The molecule has 2 aromatic carbocycles. The van der Waals surface area contributed by atoms with Gasteiger partial charge in [0.05, 0.1) is 0 Å². The van der Waals surface area contributed by atoms with Crippen molar-refractivity contribution in [1.82, 2.24) is 0 Å². The quantitative estimate of drug-likeness (QED) is 0.726. The second kappa shape index (κ2) is 7.09. The molecule has 0 spiro atoms. The molecule has 0 fully saturated rings.